The number of amides is 3. The molecule has 46 heavy (non-hydrogen) atoms. The summed E-state index contributed by atoms with van der Waals surface area (Å²) in [7, 11) is 0. The summed E-state index contributed by atoms with van der Waals surface area (Å²) in [5, 5.41) is 5.61. The van der Waals surface area contributed by atoms with Crippen LogP contribution in [-0.4, -0.2) is 74.4 Å². The fourth-order valence-corrected chi connectivity index (χ4v) is 5.69. The molecule has 0 radical (unpaired) electrons. The molecular formula is C34H31N7O5. The summed E-state index contributed by atoms with van der Waals surface area (Å²) in [4.78, 5) is 51.8. The van der Waals surface area contributed by atoms with E-state index < -0.39 is 11.9 Å². The Morgan fingerprint density at radius 3 is 2.72 bits per heavy atom. The van der Waals surface area contributed by atoms with Gasteiger partial charge in [-0.15, -0.1) is 0 Å². The number of carbonyl (C=O) groups excluding carboxylic acids is 3. The minimum absolute atomic E-state index is 0.207. The summed E-state index contributed by atoms with van der Waals surface area (Å²) >= 11 is 0. The number of fused-ring (bicyclic) bond motifs is 2. The zero-order valence-electron chi connectivity index (χ0n) is 24.9. The highest BCUT2D eigenvalue weighted by atomic mass is 16.5. The molecule has 1 fully saturated rings. The van der Waals surface area contributed by atoms with Gasteiger partial charge in [0.25, 0.3) is 5.91 Å². The molecule has 4 aromatic heterocycles. The van der Waals surface area contributed by atoms with Gasteiger partial charge in [-0.25, -0.2) is 9.97 Å². The van der Waals surface area contributed by atoms with Gasteiger partial charge in [0.1, 0.15) is 35.6 Å². The third kappa shape index (κ3) is 6.15. The van der Waals surface area contributed by atoms with Crippen LogP contribution in [0.3, 0.4) is 0 Å². The number of carbonyl (C=O) groups is 3. The Labute approximate surface area is 264 Å². The highest BCUT2D eigenvalue weighted by Crippen LogP contribution is 2.30. The Hall–Kier alpha value is -5.62. The van der Waals surface area contributed by atoms with Crippen LogP contribution in [-0.2, 0) is 20.9 Å². The van der Waals surface area contributed by atoms with Crippen molar-refractivity contribution >= 4 is 29.2 Å². The van der Waals surface area contributed by atoms with Gasteiger partial charge >= 0.3 is 0 Å². The first-order valence-corrected chi connectivity index (χ1v) is 15.1. The van der Waals surface area contributed by atoms with Gasteiger partial charge in [-0.3, -0.25) is 24.7 Å². The number of piperidine rings is 1. The molecule has 1 aromatic carbocycles. The van der Waals surface area contributed by atoms with E-state index in [2.05, 4.69) is 25.6 Å². The van der Waals surface area contributed by atoms with E-state index in [1.165, 1.54) is 4.90 Å². The minimum atomic E-state index is -0.639. The molecule has 0 aliphatic carbocycles. The maximum atomic E-state index is 12.9. The lowest BCUT2D eigenvalue weighted by atomic mass is 10.0. The molecule has 3 amide bonds. The minimum Gasteiger partial charge on any atom is -0.491 e. The molecule has 7 rings (SSSR count). The second kappa shape index (κ2) is 12.8. The van der Waals surface area contributed by atoms with Crippen molar-refractivity contribution in [3.05, 3.63) is 96.6 Å². The van der Waals surface area contributed by atoms with Gasteiger partial charge in [0, 0.05) is 55.4 Å². The molecule has 1 atom stereocenters. The van der Waals surface area contributed by atoms with E-state index in [1.807, 2.05) is 71.5 Å². The molecule has 2 aliphatic rings. The van der Waals surface area contributed by atoms with Gasteiger partial charge < -0.3 is 24.1 Å². The number of nitrogens with zero attached hydrogens (tertiary/aromatic N) is 5. The number of imidazole rings is 1. The van der Waals surface area contributed by atoms with E-state index >= 15 is 0 Å². The molecule has 12 nitrogen and oxygen atoms in total. The Kier molecular flexibility index (Phi) is 8.09. The molecule has 0 bridgehead atoms. The van der Waals surface area contributed by atoms with Crippen molar-refractivity contribution in [3.8, 4) is 28.3 Å². The molecule has 12 heteroatoms. The third-order valence-electron chi connectivity index (χ3n) is 8.03. The molecular weight excluding hydrogens is 586 g/mol. The van der Waals surface area contributed by atoms with Gasteiger partial charge in [0.15, 0.2) is 0 Å². The molecule has 5 aromatic rings. The van der Waals surface area contributed by atoms with Gasteiger partial charge in [0.05, 0.1) is 18.9 Å². The molecule has 0 spiro atoms. The topological polar surface area (TPSA) is 140 Å². The largest absolute Gasteiger partial charge is 0.491 e. The van der Waals surface area contributed by atoms with Crippen molar-refractivity contribution in [2.45, 2.75) is 25.4 Å². The van der Waals surface area contributed by atoms with E-state index in [9.17, 15) is 14.4 Å². The van der Waals surface area contributed by atoms with E-state index in [1.54, 1.807) is 18.3 Å². The van der Waals surface area contributed by atoms with E-state index in [-0.39, 0.29) is 18.2 Å². The van der Waals surface area contributed by atoms with Crippen LogP contribution in [0.4, 0.5) is 5.82 Å². The SMILES string of the molecule is O=C1CCC(N2Cc3cc(OCCOCCNc4cc(-c5ccc(-c6cn7ccccc7n6)nc5)ccn4)ccc3C2=O)C(=O)N1. The summed E-state index contributed by atoms with van der Waals surface area (Å²) in [6, 6.07) is 18.5. The number of hydrogen-bond acceptors (Lipinski definition) is 9. The van der Waals surface area contributed by atoms with Crippen LogP contribution in [0.25, 0.3) is 28.2 Å². The normalized spacial score (nSPS) is 16.0. The Balaban J connectivity index is 0.848. The predicted molar refractivity (Wildman–Crippen MR) is 169 cm³/mol. The van der Waals surface area contributed by atoms with Crippen LogP contribution in [0.1, 0.15) is 28.8 Å². The van der Waals surface area contributed by atoms with Crippen LogP contribution in [0.15, 0.2) is 85.5 Å². The molecule has 0 saturated carbocycles. The number of ether oxygens (including phenoxy) is 2. The molecule has 1 saturated heterocycles. The Morgan fingerprint density at radius 1 is 0.935 bits per heavy atom. The van der Waals surface area contributed by atoms with E-state index in [0.29, 0.717) is 50.6 Å². The van der Waals surface area contributed by atoms with Gasteiger partial charge in [-0.1, -0.05) is 12.1 Å². The lowest BCUT2D eigenvalue weighted by molar-refractivity contribution is -0.136. The number of rotatable bonds is 11. The highest BCUT2D eigenvalue weighted by Gasteiger charge is 2.39. The molecule has 232 valence electrons. The third-order valence-corrected chi connectivity index (χ3v) is 8.03. The van der Waals surface area contributed by atoms with Crippen LogP contribution >= 0.6 is 0 Å². The van der Waals surface area contributed by atoms with Crippen LogP contribution < -0.4 is 15.4 Å². The van der Waals surface area contributed by atoms with Crippen LogP contribution in [0.2, 0.25) is 0 Å². The second-order valence-corrected chi connectivity index (χ2v) is 11.1. The van der Waals surface area contributed by atoms with Crippen molar-refractivity contribution < 1.29 is 23.9 Å². The van der Waals surface area contributed by atoms with Gasteiger partial charge in [-0.05, 0) is 66.1 Å². The van der Waals surface area contributed by atoms with Crippen molar-refractivity contribution in [1.29, 1.82) is 0 Å². The summed E-state index contributed by atoms with van der Waals surface area (Å²) in [6.07, 6.45) is 8.09. The standard InChI is InChI=1S/C34H31N7O5/c42-32-9-8-29(33(43)39-32)41-20-24-17-25(5-6-26(24)34(41)44)46-16-15-45-14-12-36-30-18-22(10-11-35-30)23-4-7-27(37-19-23)28-21-40-13-2-1-3-31(40)38-28/h1-7,10-11,13,17-19,21,29H,8-9,12,14-16,20H2,(H,35,36)(H,39,42,43). The number of aromatic nitrogens is 4. The molecule has 2 N–H and O–H groups in total. The monoisotopic (exact) mass is 617 g/mol. The van der Waals surface area contributed by atoms with Crippen molar-refractivity contribution in [2.75, 3.05) is 31.7 Å². The Morgan fingerprint density at radius 2 is 1.87 bits per heavy atom. The van der Waals surface area contributed by atoms with Crippen molar-refractivity contribution in [1.82, 2.24) is 29.6 Å². The molecule has 6 heterocycles. The maximum absolute atomic E-state index is 12.9. The quantitative estimate of drug-likeness (QED) is 0.168. The average molecular weight is 618 g/mol. The number of anilines is 1. The summed E-state index contributed by atoms with van der Waals surface area (Å²) in [6.45, 7) is 2.07. The number of benzene rings is 1. The van der Waals surface area contributed by atoms with Crippen molar-refractivity contribution in [2.24, 2.45) is 0 Å². The molecule has 2 aliphatic heterocycles. The van der Waals surface area contributed by atoms with Crippen molar-refractivity contribution in [3.63, 3.8) is 0 Å². The second-order valence-electron chi connectivity index (χ2n) is 11.1. The lowest BCUT2D eigenvalue weighted by Gasteiger charge is -2.29. The number of pyridine rings is 3. The van der Waals surface area contributed by atoms with Gasteiger partial charge in [-0.2, -0.15) is 0 Å². The zero-order chi connectivity index (χ0) is 31.5. The fraction of sp³-hybridized carbons (Fsp3) is 0.235. The zero-order valence-corrected chi connectivity index (χ0v) is 24.9. The summed E-state index contributed by atoms with van der Waals surface area (Å²) in [5.41, 5.74) is 5.83. The van der Waals surface area contributed by atoms with E-state index in [0.717, 1.165) is 39.5 Å². The maximum Gasteiger partial charge on any atom is 0.255 e. The predicted octanol–water partition coefficient (Wildman–Crippen LogP) is 3.73. The van der Waals surface area contributed by atoms with Crippen LogP contribution in [0.5, 0.6) is 5.75 Å². The smallest absolute Gasteiger partial charge is 0.255 e. The van der Waals surface area contributed by atoms with Crippen LogP contribution in [0, 0.1) is 0 Å². The first-order chi connectivity index (χ1) is 22.5. The lowest BCUT2D eigenvalue weighted by Crippen LogP contribution is -2.52. The first kappa shape index (κ1) is 29.1. The fourth-order valence-electron chi connectivity index (χ4n) is 5.69. The molecule has 1 unspecified atom stereocenters. The Bertz CT molecular complexity index is 1890. The number of hydrogen-bond donors (Lipinski definition) is 2. The number of imide groups is 1. The first-order valence-electron chi connectivity index (χ1n) is 15.1. The highest BCUT2D eigenvalue weighted by molar-refractivity contribution is 6.05. The average Bonchev–Trinajstić information content (AvgIpc) is 3.65. The number of nitrogens with one attached hydrogen (secondary N) is 2. The van der Waals surface area contributed by atoms with Gasteiger partial charge in [0.2, 0.25) is 11.8 Å². The summed E-state index contributed by atoms with van der Waals surface area (Å²) in [5.74, 6) is 0.426. The summed E-state index contributed by atoms with van der Waals surface area (Å²) < 4.78 is 13.5. The van der Waals surface area contributed by atoms with E-state index in [4.69, 9.17) is 9.47 Å².